The number of aromatic nitrogens is 2. The van der Waals surface area contributed by atoms with Gasteiger partial charge in [0.15, 0.2) is 0 Å². The third-order valence-corrected chi connectivity index (χ3v) is 15.0. The van der Waals surface area contributed by atoms with E-state index in [1.54, 1.807) is 41.8 Å². The van der Waals surface area contributed by atoms with E-state index in [9.17, 15) is 52.7 Å². The Morgan fingerprint density at radius 1 is 0.873 bits per heavy atom. The molecule has 0 bridgehead atoms. The lowest BCUT2D eigenvalue weighted by Crippen LogP contribution is -2.56. The van der Waals surface area contributed by atoms with Gasteiger partial charge in [-0.1, -0.05) is 37.3 Å². The number of imide groups is 1. The number of carboxylic acids is 1. The van der Waals surface area contributed by atoms with Crippen LogP contribution in [0.2, 0.25) is 0 Å². The Labute approximate surface area is 449 Å². The summed E-state index contributed by atoms with van der Waals surface area (Å²) in [5, 5.41) is 27.5. The number of aliphatic carboxylic acids is 1. The van der Waals surface area contributed by atoms with Crippen LogP contribution in [0.25, 0.3) is 22.3 Å². The highest BCUT2D eigenvalue weighted by molar-refractivity contribution is 6.15. The van der Waals surface area contributed by atoms with E-state index >= 15 is 4.39 Å². The minimum atomic E-state index is -1.50. The zero-order chi connectivity index (χ0) is 56.3. The van der Waals surface area contributed by atoms with Gasteiger partial charge in [-0.25, -0.2) is 9.37 Å². The first kappa shape index (κ1) is 55.1. The molecule has 8 amide bonds. The summed E-state index contributed by atoms with van der Waals surface area (Å²) in [5.74, 6) is -8.88. The summed E-state index contributed by atoms with van der Waals surface area (Å²) in [6, 6.07) is 8.45. The van der Waals surface area contributed by atoms with Gasteiger partial charge in [0.1, 0.15) is 36.8 Å². The third kappa shape index (κ3) is 11.3. The van der Waals surface area contributed by atoms with E-state index in [-0.39, 0.29) is 25.1 Å². The Bertz CT molecular complexity index is 3300. The molecular weight excluding hydrogens is 1030 g/mol. The van der Waals surface area contributed by atoms with Crippen molar-refractivity contribution in [3.8, 4) is 11.4 Å². The molecule has 0 spiro atoms. The zero-order valence-corrected chi connectivity index (χ0v) is 43.1. The quantitative estimate of drug-likeness (QED) is 0.0248. The van der Waals surface area contributed by atoms with Crippen molar-refractivity contribution < 1.29 is 66.9 Å². The van der Waals surface area contributed by atoms with Gasteiger partial charge in [-0.15, -0.1) is 0 Å². The number of amides is 8. The highest BCUT2D eigenvalue weighted by Crippen LogP contribution is 2.46. The minimum absolute atomic E-state index is 0.0218. The normalized spacial score (nSPS) is 18.0. The molecule has 1 fully saturated rings. The van der Waals surface area contributed by atoms with Crippen molar-refractivity contribution in [2.24, 2.45) is 0 Å². The fourth-order valence-corrected chi connectivity index (χ4v) is 10.7. The Balaban J connectivity index is 0.800. The van der Waals surface area contributed by atoms with Crippen LogP contribution in [-0.4, -0.2) is 136 Å². The number of carboxylic acid groups (broad SMARTS) is 1. The standard InChI is InChI=1S/C54H57FN10O14/c1-3-29-31-17-38-48-32(24-64(38)51(75)33(31)25-78-52(29)76)47-35(11-10-30-27(2)34(55)18-36(62-48)46(30)47)63-53(77)54(14-7-15-54)79-26-60-41(67)21-58-49(73)37(16-28-8-5-4-6-9-28)61-42(68)22-57-40(66)20-59-50(74)39(19-56-23-45(71)72)65-43(69)12-13-44(65)70/h4-6,8-9,12-13,17-18,29,35,37,39,56H,3,7,10-11,14-16,19-26H2,1-2H3,(H,57,66)(H,58,73)(H,59,74)(H,60,67)(H,61,68)(H,63,77)(H,71,72). The van der Waals surface area contributed by atoms with Crippen molar-refractivity contribution in [1.29, 1.82) is 0 Å². The van der Waals surface area contributed by atoms with Gasteiger partial charge in [-0.2, -0.15) is 0 Å². The number of pyridine rings is 2. The van der Waals surface area contributed by atoms with E-state index < -0.39 is 134 Å². The summed E-state index contributed by atoms with van der Waals surface area (Å²) in [6.07, 6.45) is 4.41. The number of halogens is 1. The molecule has 414 valence electrons. The topological polar surface area (TPSA) is 332 Å². The Kier molecular flexibility index (Phi) is 16.1. The molecule has 8 N–H and O–H groups in total. The first-order valence-corrected chi connectivity index (χ1v) is 25.8. The molecule has 0 radical (unpaired) electrons. The predicted molar refractivity (Wildman–Crippen MR) is 274 cm³/mol. The lowest BCUT2D eigenvalue weighted by molar-refractivity contribution is -0.164. The van der Waals surface area contributed by atoms with Crippen LogP contribution in [0.4, 0.5) is 4.39 Å². The minimum Gasteiger partial charge on any atom is -0.480 e. The molecule has 5 aliphatic rings. The van der Waals surface area contributed by atoms with Crippen LogP contribution in [0.5, 0.6) is 0 Å². The number of ether oxygens (including phenoxy) is 2. The summed E-state index contributed by atoms with van der Waals surface area (Å²) in [7, 11) is 0. The number of rotatable bonds is 22. The second-order valence-corrected chi connectivity index (χ2v) is 19.9. The Morgan fingerprint density at radius 3 is 2.25 bits per heavy atom. The summed E-state index contributed by atoms with van der Waals surface area (Å²) in [5.41, 5.74) is 3.94. The van der Waals surface area contributed by atoms with E-state index in [4.69, 9.17) is 19.6 Å². The SMILES string of the molecule is CCC1C(=O)OCc2c1cc1n(c2=O)Cc2c-1nc1cc(F)c(C)c3c1c2C(NC(=O)C1(OCNC(=O)CNC(=O)C(Cc2ccccc2)NC(=O)CNC(=O)CNC(=O)C(CNCC(=O)O)N2C(=O)C=CC2=O)CCC1)CC3. The van der Waals surface area contributed by atoms with Crippen molar-refractivity contribution in [3.63, 3.8) is 0 Å². The van der Waals surface area contributed by atoms with Crippen molar-refractivity contribution in [2.45, 2.75) is 102 Å². The molecule has 25 heteroatoms. The highest BCUT2D eigenvalue weighted by atomic mass is 19.1. The molecule has 3 aliphatic heterocycles. The largest absolute Gasteiger partial charge is 0.480 e. The average Bonchev–Trinajstić information content (AvgIpc) is 3.89. The number of hydrogen-bond donors (Lipinski definition) is 8. The molecule has 0 saturated heterocycles. The van der Waals surface area contributed by atoms with Crippen molar-refractivity contribution in [2.75, 3.05) is 39.5 Å². The van der Waals surface area contributed by atoms with Crippen LogP contribution >= 0.6 is 0 Å². The third-order valence-electron chi connectivity index (χ3n) is 15.0. The van der Waals surface area contributed by atoms with E-state index in [1.165, 1.54) is 6.07 Å². The van der Waals surface area contributed by atoms with E-state index in [1.807, 2.05) is 13.0 Å². The summed E-state index contributed by atoms with van der Waals surface area (Å²) < 4.78 is 28.6. The predicted octanol–water partition coefficient (Wildman–Crippen LogP) is -0.416. The highest BCUT2D eigenvalue weighted by Gasteiger charge is 2.47. The van der Waals surface area contributed by atoms with Gasteiger partial charge in [0, 0.05) is 42.1 Å². The number of esters is 1. The van der Waals surface area contributed by atoms with Gasteiger partial charge in [0.2, 0.25) is 29.5 Å². The maximum Gasteiger partial charge on any atom is 0.317 e. The number of cyclic esters (lactones) is 1. The fraction of sp³-hybridized carbons (Fsp3) is 0.407. The molecule has 2 aromatic carbocycles. The van der Waals surface area contributed by atoms with Crippen LogP contribution in [0.3, 0.4) is 0 Å². The number of aryl methyl sites for hydroxylation is 1. The molecule has 5 heterocycles. The monoisotopic (exact) mass is 1090 g/mol. The van der Waals surface area contributed by atoms with Crippen LogP contribution in [-0.2, 0) is 83.4 Å². The summed E-state index contributed by atoms with van der Waals surface area (Å²) >= 11 is 0. The molecule has 1 saturated carbocycles. The lowest BCUT2D eigenvalue weighted by atomic mass is 9.77. The second-order valence-electron chi connectivity index (χ2n) is 19.9. The van der Waals surface area contributed by atoms with Crippen molar-refractivity contribution >= 4 is 70.1 Å². The molecule has 4 unspecified atom stereocenters. The van der Waals surface area contributed by atoms with E-state index in [0.717, 1.165) is 23.3 Å². The number of nitrogens with zero attached hydrogens (tertiary/aromatic N) is 3. The van der Waals surface area contributed by atoms with Crippen LogP contribution in [0.15, 0.2) is 59.4 Å². The number of fused-ring (bicyclic) bond motifs is 5. The first-order chi connectivity index (χ1) is 37.9. The fourth-order valence-electron chi connectivity index (χ4n) is 10.7. The van der Waals surface area contributed by atoms with Crippen molar-refractivity contribution in [1.82, 2.24) is 51.7 Å². The maximum absolute atomic E-state index is 15.5. The second kappa shape index (κ2) is 23.1. The van der Waals surface area contributed by atoms with Gasteiger partial charge in [-0.3, -0.25) is 57.6 Å². The van der Waals surface area contributed by atoms with Gasteiger partial charge >= 0.3 is 11.9 Å². The molecule has 4 aromatic rings. The van der Waals surface area contributed by atoms with Gasteiger partial charge in [-0.05, 0) is 79.3 Å². The first-order valence-electron chi connectivity index (χ1n) is 25.8. The van der Waals surface area contributed by atoms with E-state index in [0.29, 0.717) is 93.5 Å². The van der Waals surface area contributed by atoms with Crippen LogP contribution < -0.4 is 42.8 Å². The number of carbonyl (C=O) groups excluding carboxylic acids is 9. The number of carbonyl (C=O) groups is 10. The number of benzene rings is 2. The van der Waals surface area contributed by atoms with Crippen molar-refractivity contribution in [3.05, 3.63) is 110 Å². The molecule has 2 aliphatic carbocycles. The Hall–Kier alpha value is -8.71. The van der Waals surface area contributed by atoms with Gasteiger partial charge in [0.25, 0.3) is 23.3 Å². The number of hydrogen-bond acceptors (Lipinski definition) is 15. The smallest absolute Gasteiger partial charge is 0.317 e. The summed E-state index contributed by atoms with van der Waals surface area (Å²) in [6.45, 7) is 0.165. The zero-order valence-electron chi connectivity index (χ0n) is 43.1. The van der Waals surface area contributed by atoms with Crippen LogP contribution in [0.1, 0.15) is 89.9 Å². The molecule has 79 heavy (non-hydrogen) atoms. The number of nitrogens with one attached hydrogen (secondary N) is 7. The molecule has 4 atom stereocenters. The Morgan fingerprint density at radius 2 is 1.57 bits per heavy atom. The van der Waals surface area contributed by atoms with Gasteiger partial charge in [0.05, 0.1) is 67.2 Å². The molecule has 9 rings (SSSR count). The summed E-state index contributed by atoms with van der Waals surface area (Å²) in [4.78, 5) is 148. The van der Waals surface area contributed by atoms with Gasteiger partial charge < -0.3 is 56.4 Å². The maximum atomic E-state index is 15.5. The molecule has 2 aromatic heterocycles. The molecule has 24 nitrogen and oxygen atoms in total. The lowest BCUT2D eigenvalue weighted by Gasteiger charge is -2.41. The van der Waals surface area contributed by atoms with Crippen LogP contribution in [0, 0.1) is 12.7 Å². The molecular formula is C54H57FN10O14. The van der Waals surface area contributed by atoms with E-state index in [2.05, 4.69) is 37.2 Å². The average molecular weight is 1090 g/mol.